The van der Waals surface area contributed by atoms with Crippen molar-refractivity contribution in [1.82, 2.24) is 30.6 Å². The second-order valence-electron chi connectivity index (χ2n) is 13.1. The average molecular weight is 646 g/mol. The van der Waals surface area contributed by atoms with Gasteiger partial charge in [0.1, 0.15) is 17.3 Å². The highest BCUT2D eigenvalue weighted by atomic mass is 35.5. The Balaban J connectivity index is 1.24. The lowest BCUT2D eigenvalue weighted by Crippen LogP contribution is -2.60. The van der Waals surface area contributed by atoms with E-state index in [0.717, 1.165) is 28.7 Å². The van der Waals surface area contributed by atoms with Crippen LogP contribution >= 0.6 is 11.6 Å². The molecular weight excluding hydrogens is 606 g/mol. The van der Waals surface area contributed by atoms with E-state index in [4.69, 9.17) is 11.6 Å². The molecule has 0 bridgehead atoms. The summed E-state index contributed by atoms with van der Waals surface area (Å²) in [6.07, 6.45) is 4.31. The number of benzene rings is 2. The summed E-state index contributed by atoms with van der Waals surface area (Å²) in [5.74, 6) is -0.848. The van der Waals surface area contributed by atoms with Gasteiger partial charge in [-0.25, -0.2) is 4.79 Å². The Hall–Kier alpha value is -4.38. The molecule has 5 amide bonds. The van der Waals surface area contributed by atoms with Crippen LogP contribution in [-0.4, -0.2) is 69.6 Å². The molecule has 2 aromatic carbocycles. The SMILES string of the molecule is CNC(=O)C1(N2CC(C(C)C)NC2=O)Cc2ccc(NC(=O)C(NC(=O)c3ccnn3C)C3CCc4cc(Cl)ccc4C3)cc2C1. The number of halogens is 1. The van der Waals surface area contributed by atoms with Crippen molar-refractivity contribution in [2.75, 3.05) is 18.9 Å². The van der Waals surface area contributed by atoms with Gasteiger partial charge in [0.2, 0.25) is 11.8 Å². The maximum Gasteiger partial charge on any atom is 0.318 e. The molecule has 4 N–H and O–H groups in total. The van der Waals surface area contributed by atoms with Crippen molar-refractivity contribution in [3.05, 3.63) is 81.6 Å². The number of nitrogens with zero attached hydrogens (tertiary/aromatic N) is 3. The number of aryl methyl sites for hydroxylation is 2. The Kier molecular flexibility index (Phi) is 8.54. The smallest absolute Gasteiger partial charge is 0.318 e. The zero-order valence-electron chi connectivity index (χ0n) is 26.5. The second kappa shape index (κ2) is 12.4. The van der Waals surface area contributed by atoms with E-state index in [-0.39, 0.29) is 41.6 Å². The number of aromatic nitrogens is 2. The van der Waals surface area contributed by atoms with Gasteiger partial charge in [0.05, 0.1) is 6.04 Å². The molecule has 0 spiro atoms. The van der Waals surface area contributed by atoms with Gasteiger partial charge in [-0.1, -0.05) is 37.6 Å². The summed E-state index contributed by atoms with van der Waals surface area (Å²) in [4.78, 5) is 55.5. The van der Waals surface area contributed by atoms with Gasteiger partial charge >= 0.3 is 6.03 Å². The summed E-state index contributed by atoms with van der Waals surface area (Å²) in [7, 11) is 3.27. The number of fused-ring (bicyclic) bond motifs is 2. The van der Waals surface area contributed by atoms with Crippen LogP contribution in [0.4, 0.5) is 10.5 Å². The third-order valence-corrected chi connectivity index (χ3v) is 10.1. The molecule has 12 heteroatoms. The van der Waals surface area contributed by atoms with Crippen LogP contribution in [-0.2, 0) is 42.3 Å². The molecule has 0 radical (unpaired) electrons. The molecule has 3 aliphatic rings. The third-order valence-electron chi connectivity index (χ3n) is 9.87. The predicted molar refractivity (Wildman–Crippen MR) is 175 cm³/mol. The van der Waals surface area contributed by atoms with Gasteiger partial charge in [-0.15, -0.1) is 0 Å². The number of urea groups is 1. The lowest BCUT2D eigenvalue weighted by atomic mass is 9.79. The fourth-order valence-electron chi connectivity index (χ4n) is 7.21. The molecule has 3 aromatic rings. The lowest BCUT2D eigenvalue weighted by molar-refractivity contribution is -0.130. The zero-order chi connectivity index (χ0) is 32.7. The predicted octanol–water partition coefficient (Wildman–Crippen LogP) is 3.25. The molecule has 1 aromatic heterocycles. The highest BCUT2D eigenvalue weighted by Crippen LogP contribution is 2.38. The maximum absolute atomic E-state index is 14.0. The van der Waals surface area contributed by atoms with E-state index in [0.29, 0.717) is 48.6 Å². The molecule has 4 unspecified atom stereocenters. The summed E-state index contributed by atoms with van der Waals surface area (Å²) in [6.45, 7) is 4.54. The number of carbonyl (C=O) groups is 4. The zero-order valence-corrected chi connectivity index (χ0v) is 27.3. The summed E-state index contributed by atoms with van der Waals surface area (Å²) >= 11 is 6.23. The molecule has 1 fully saturated rings. The molecular formula is C34H40ClN7O4. The van der Waals surface area contributed by atoms with Gasteiger partial charge in [-0.2, -0.15) is 5.10 Å². The van der Waals surface area contributed by atoms with Gasteiger partial charge in [0.25, 0.3) is 5.91 Å². The Bertz CT molecular complexity index is 1700. The Morgan fingerprint density at radius 1 is 1.04 bits per heavy atom. The molecule has 6 rings (SSSR count). The van der Waals surface area contributed by atoms with Crippen molar-refractivity contribution in [2.45, 2.75) is 63.6 Å². The first-order valence-corrected chi connectivity index (χ1v) is 16.2. The minimum Gasteiger partial charge on any atom is -0.357 e. The summed E-state index contributed by atoms with van der Waals surface area (Å²) < 4.78 is 1.48. The molecule has 2 aliphatic carbocycles. The molecule has 2 heterocycles. The quantitative estimate of drug-likeness (QED) is 0.298. The summed E-state index contributed by atoms with van der Waals surface area (Å²) in [5.41, 5.74) is 3.96. The molecule has 242 valence electrons. The number of anilines is 1. The van der Waals surface area contributed by atoms with Crippen LogP contribution in [0.3, 0.4) is 0 Å². The fraction of sp³-hybridized carbons (Fsp3) is 0.441. The highest BCUT2D eigenvalue weighted by molar-refractivity contribution is 6.30. The molecule has 0 saturated carbocycles. The number of carbonyl (C=O) groups excluding carboxylic acids is 4. The number of rotatable bonds is 8. The van der Waals surface area contributed by atoms with E-state index in [1.54, 1.807) is 31.3 Å². The lowest BCUT2D eigenvalue weighted by Gasteiger charge is -2.36. The Morgan fingerprint density at radius 3 is 2.50 bits per heavy atom. The van der Waals surface area contributed by atoms with Crippen LogP contribution < -0.4 is 21.3 Å². The van der Waals surface area contributed by atoms with Crippen molar-refractivity contribution < 1.29 is 19.2 Å². The van der Waals surface area contributed by atoms with Crippen LogP contribution in [0.25, 0.3) is 0 Å². The number of hydrogen-bond donors (Lipinski definition) is 4. The molecule has 11 nitrogen and oxygen atoms in total. The van der Waals surface area contributed by atoms with Gasteiger partial charge in [0.15, 0.2) is 0 Å². The largest absolute Gasteiger partial charge is 0.357 e. The van der Waals surface area contributed by atoms with Crippen LogP contribution in [0.5, 0.6) is 0 Å². The summed E-state index contributed by atoms with van der Waals surface area (Å²) in [6, 6.07) is 11.9. The van der Waals surface area contributed by atoms with Gasteiger partial charge in [-0.3, -0.25) is 19.1 Å². The number of likely N-dealkylation sites (N-methyl/N-ethyl adjacent to an activating group) is 1. The van der Waals surface area contributed by atoms with Crippen LogP contribution in [0, 0.1) is 11.8 Å². The normalized spacial score (nSPS) is 22.6. The molecule has 46 heavy (non-hydrogen) atoms. The first-order chi connectivity index (χ1) is 22.0. The number of amides is 5. The molecule has 1 saturated heterocycles. The van der Waals surface area contributed by atoms with E-state index < -0.39 is 11.6 Å². The average Bonchev–Trinajstić information content (AvgIpc) is 3.75. The Labute approximate surface area is 273 Å². The van der Waals surface area contributed by atoms with Gasteiger partial charge in [-0.05, 0) is 83.7 Å². The Morgan fingerprint density at radius 2 is 1.80 bits per heavy atom. The highest BCUT2D eigenvalue weighted by Gasteiger charge is 2.53. The topological polar surface area (TPSA) is 137 Å². The number of hydrogen-bond acceptors (Lipinski definition) is 5. The standard InChI is InChI=1S/C34H40ClN7O4/c1-19(2)27-18-42(33(46)39-27)34(32(45)36-3)16-23-8-10-26(15-24(23)17-34)38-31(44)29(40-30(43)28-11-12-37-41(28)4)22-6-5-21-14-25(35)9-7-20(21)13-22/h7-12,14-15,19,22,27,29H,5-6,13,16-18H2,1-4H3,(H,36,45)(H,38,44)(H,39,46)(H,40,43). The van der Waals surface area contributed by atoms with E-state index in [9.17, 15) is 19.2 Å². The monoisotopic (exact) mass is 645 g/mol. The van der Waals surface area contributed by atoms with Gasteiger partial charge in [0, 0.05) is 50.4 Å². The number of nitrogens with one attached hydrogen (secondary N) is 4. The molecule has 4 atom stereocenters. The van der Waals surface area contributed by atoms with E-state index in [1.165, 1.54) is 4.68 Å². The minimum atomic E-state index is -1.06. The van der Waals surface area contributed by atoms with Crippen molar-refractivity contribution in [1.29, 1.82) is 0 Å². The van der Waals surface area contributed by atoms with Crippen molar-refractivity contribution in [2.24, 2.45) is 18.9 Å². The first kappa shape index (κ1) is 31.6. The second-order valence-corrected chi connectivity index (χ2v) is 13.5. The van der Waals surface area contributed by atoms with E-state index in [1.807, 2.05) is 50.2 Å². The van der Waals surface area contributed by atoms with Crippen LogP contribution in [0.15, 0.2) is 48.7 Å². The van der Waals surface area contributed by atoms with Gasteiger partial charge < -0.3 is 26.2 Å². The molecule has 1 aliphatic heterocycles. The summed E-state index contributed by atoms with van der Waals surface area (Å²) in [5, 5.41) is 16.6. The van der Waals surface area contributed by atoms with E-state index in [2.05, 4.69) is 26.4 Å². The van der Waals surface area contributed by atoms with Crippen molar-refractivity contribution >= 4 is 41.0 Å². The van der Waals surface area contributed by atoms with Crippen molar-refractivity contribution in [3.8, 4) is 0 Å². The van der Waals surface area contributed by atoms with Crippen molar-refractivity contribution in [3.63, 3.8) is 0 Å². The van der Waals surface area contributed by atoms with Crippen LogP contribution in [0.1, 0.15) is 53.0 Å². The van der Waals surface area contributed by atoms with E-state index >= 15 is 0 Å². The maximum atomic E-state index is 14.0. The third kappa shape index (κ3) is 5.84. The first-order valence-electron chi connectivity index (χ1n) is 15.8. The fourth-order valence-corrected chi connectivity index (χ4v) is 7.41. The van der Waals surface area contributed by atoms with Crippen LogP contribution in [0.2, 0.25) is 5.02 Å². The minimum absolute atomic E-state index is 0.0465.